The summed E-state index contributed by atoms with van der Waals surface area (Å²) in [6, 6.07) is 11.5. The first-order valence-electron chi connectivity index (χ1n) is 10.9. The number of morpholine rings is 2. The molecule has 2 saturated heterocycles. The third kappa shape index (κ3) is 3.88. The standard InChI is InChI=1S/C24H31N3O2S/c1-24(2,3)19-14-18(27-8-12-29-13-9-27)16-22-23(19)25-20-5-4-17(15-21(20)30-22)26-6-10-28-11-7-26/h4-5,14-16,25H,6-13H2,1-3H3. The van der Waals surface area contributed by atoms with Crippen LogP contribution in [-0.2, 0) is 14.9 Å². The lowest BCUT2D eigenvalue weighted by molar-refractivity contribution is 0.122. The second-order valence-corrected chi connectivity index (χ2v) is 10.3. The number of rotatable bonds is 2. The molecule has 0 spiro atoms. The highest BCUT2D eigenvalue weighted by Gasteiger charge is 2.27. The molecule has 1 N–H and O–H groups in total. The molecule has 0 aliphatic carbocycles. The fourth-order valence-corrected chi connectivity index (χ4v) is 5.46. The van der Waals surface area contributed by atoms with Crippen molar-refractivity contribution in [3.8, 4) is 0 Å². The van der Waals surface area contributed by atoms with Crippen molar-refractivity contribution in [2.24, 2.45) is 0 Å². The molecule has 30 heavy (non-hydrogen) atoms. The van der Waals surface area contributed by atoms with E-state index in [9.17, 15) is 0 Å². The van der Waals surface area contributed by atoms with Crippen molar-refractivity contribution in [3.05, 3.63) is 35.9 Å². The van der Waals surface area contributed by atoms with E-state index < -0.39 is 0 Å². The Morgan fingerprint density at radius 3 is 2.03 bits per heavy atom. The van der Waals surface area contributed by atoms with Gasteiger partial charge in [-0.1, -0.05) is 32.5 Å². The van der Waals surface area contributed by atoms with Gasteiger partial charge in [-0.2, -0.15) is 0 Å². The fraction of sp³-hybridized carbons (Fsp3) is 0.500. The Labute approximate surface area is 183 Å². The average Bonchev–Trinajstić information content (AvgIpc) is 2.77. The lowest BCUT2D eigenvalue weighted by Crippen LogP contribution is -2.36. The largest absolute Gasteiger partial charge is 0.378 e. The van der Waals surface area contributed by atoms with Gasteiger partial charge in [0.2, 0.25) is 0 Å². The lowest BCUT2D eigenvalue weighted by atomic mass is 9.85. The Balaban J connectivity index is 1.51. The van der Waals surface area contributed by atoms with Crippen molar-refractivity contribution >= 4 is 34.5 Å². The molecule has 5 nitrogen and oxygen atoms in total. The maximum absolute atomic E-state index is 5.58. The van der Waals surface area contributed by atoms with Crippen LogP contribution in [0.5, 0.6) is 0 Å². The van der Waals surface area contributed by atoms with Gasteiger partial charge >= 0.3 is 0 Å². The number of fused-ring (bicyclic) bond motifs is 2. The monoisotopic (exact) mass is 425 g/mol. The normalized spacial score (nSPS) is 19.2. The predicted molar refractivity (Wildman–Crippen MR) is 125 cm³/mol. The molecule has 3 aliphatic heterocycles. The van der Waals surface area contributed by atoms with E-state index in [4.69, 9.17) is 9.47 Å². The van der Waals surface area contributed by atoms with Crippen LogP contribution in [0.4, 0.5) is 22.7 Å². The molecular formula is C24H31N3O2S. The summed E-state index contributed by atoms with van der Waals surface area (Å²) in [5.41, 5.74) is 6.49. The van der Waals surface area contributed by atoms with Crippen LogP contribution in [0.3, 0.4) is 0 Å². The van der Waals surface area contributed by atoms with Gasteiger partial charge in [0.25, 0.3) is 0 Å². The molecule has 0 unspecified atom stereocenters. The van der Waals surface area contributed by atoms with Crippen molar-refractivity contribution in [1.29, 1.82) is 0 Å². The number of nitrogens with one attached hydrogen (secondary N) is 1. The maximum atomic E-state index is 5.58. The summed E-state index contributed by atoms with van der Waals surface area (Å²) in [6.45, 7) is 14.0. The van der Waals surface area contributed by atoms with Crippen LogP contribution in [0.15, 0.2) is 40.1 Å². The van der Waals surface area contributed by atoms with E-state index in [1.54, 1.807) is 0 Å². The minimum absolute atomic E-state index is 0.0607. The summed E-state index contributed by atoms with van der Waals surface area (Å²) in [5, 5.41) is 3.77. The summed E-state index contributed by atoms with van der Waals surface area (Å²) >= 11 is 1.89. The minimum Gasteiger partial charge on any atom is -0.378 e. The van der Waals surface area contributed by atoms with Crippen LogP contribution < -0.4 is 15.1 Å². The topological polar surface area (TPSA) is 37.0 Å². The summed E-state index contributed by atoms with van der Waals surface area (Å²) in [4.78, 5) is 7.49. The Kier molecular flexibility index (Phi) is 5.33. The van der Waals surface area contributed by atoms with Crippen molar-refractivity contribution in [2.75, 3.05) is 67.7 Å². The molecule has 6 heteroatoms. The van der Waals surface area contributed by atoms with Crippen LogP contribution >= 0.6 is 11.8 Å². The summed E-state index contributed by atoms with van der Waals surface area (Å²) < 4.78 is 11.1. The molecular weight excluding hydrogens is 394 g/mol. The fourth-order valence-electron chi connectivity index (χ4n) is 4.38. The molecule has 0 bridgehead atoms. The molecule has 2 fully saturated rings. The van der Waals surface area contributed by atoms with Crippen LogP contribution in [0.2, 0.25) is 0 Å². The van der Waals surface area contributed by atoms with E-state index in [1.165, 1.54) is 38.1 Å². The highest BCUT2D eigenvalue weighted by Crippen LogP contribution is 2.50. The molecule has 5 rings (SSSR count). The number of hydrogen-bond acceptors (Lipinski definition) is 6. The van der Waals surface area contributed by atoms with Gasteiger partial charge < -0.3 is 24.6 Å². The summed E-state index contributed by atoms with van der Waals surface area (Å²) in [6.07, 6.45) is 0. The summed E-state index contributed by atoms with van der Waals surface area (Å²) in [5.74, 6) is 0. The second kappa shape index (κ2) is 7.98. The van der Waals surface area contributed by atoms with Crippen LogP contribution in [-0.4, -0.2) is 52.6 Å². The van der Waals surface area contributed by atoms with E-state index in [0.717, 1.165) is 52.6 Å². The highest BCUT2D eigenvalue weighted by molar-refractivity contribution is 7.99. The molecule has 3 aliphatic rings. The first kappa shape index (κ1) is 20.0. The second-order valence-electron chi connectivity index (χ2n) is 9.22. The Morgan fingerprint density at radius 1 is 0.800 bits per heavy atom. The Bertz CT molecular complexity index is 929. The van der Waals surface area contributed by atoms with E-state index >= 15 is 0 Å². The molecule has 0 amide bonds. The first-order valence-corrected chi connectivity index (χ1v) is 11.7. The van der Waals surface area contributed by atoms with Gasteiger partial charge in [-0.05, 0) is 41.3 Å². The smallest absolute Gasteiger partial charge is 0.0642 e. The van der Waals surface area contributed by atoms with Gasteiger partial charge in [-0.25, -0.2) is 0 Å². The molecule has 3 heterocycles. The minimum atomic E-state index is 0.0607. The van der Waals surface area contributed by atoms with Crippen molar-refractivity contribution in [1.82, 2.24) is 0 Å². The molecule has 0 aromatic heterocycles. The molecule has 0 atom stereocenters. The van der Waals surface area contributed by atoms with E-state index in [-0.39, 0.29) is 5.41 Å². The molecule has 0 saturated carbocycles. The van der Waals surface area contributed by atoms with Gasteiger partial charge in [-0.15, -0.1) is 0 Å². The highest BCUT2D eigenvalue weighted by atomic mass is 32.2. The number of anilines is 4. The maximum Gasteiger partial charge on any atom is 0.0642 e. The van der Waals surface area contributed by atoms with Crippen LogP contribution in [0.25, 0.3) is 0 Å². The molecule has 2 aromatic carbocycles. The van der Waals surface area contributed by atoms with Crippen molar-refractivity contribution in [2.45, 2.75) is 36.0 Å². The molecule has 0 radical (unpaired) electrons. The molecule has 160 valence electrons. The van der Waals surface area contributed by atoms with Crippen molar-refractivity contribution < 1.29 is 9.47 Å². The van der Waals surface area contributed by atoms with Gasteiger partial charge in [0.1, 0.15) is 0 Å². The van der Waals surface area contributed by atoms with E-state index in [0.29, 0.717) is 0 Å². The molecule has 2 aromatic rings. The van der Waals surface area contributed by atoms with E-state index in [2.05, 4.69) is 66.2 Å². The van der Waals surface area contributed by atoms with Crippen LogP contribution in [0, 0.1) is 0 Å². The SMILES string of the molecule is CC(C)(C)c1cc(N2CCOCC2)cc2c1Nc1ccc(N3CCOCC3)cc1S2. The zero-order valence-corrected chi connectivity index (χ0v) is 19.0. The first-order chi connectivity index (χ1) is 14.5. The van der Waals surface area contributed by atoms with Crippen molar-refractivity contribution in [3.63, 3.8) is 0 Å². The predicted octanol–water partition coefficient (Wildman–Crippen LogP) is 4.87. The van der Waals surface area contributed by atoms with E-state index in [1.807, 2.05) is 11.8 Å². The lowest BCUT2D eigenvalue weighted by Gasteiger charge is -2.35. The quantitative estimate of drug-likeness (QED) is 0.632. The number of nitrogens with zero attached hydrogens (tertiary/aromatic N) is 2. The van der Waals surface area contributed by atoms with Crippen LogP contribution in [0.1, 0.15) is 26.3 Å². The number of hydrogen-bond donors (Lipinski definition) is 1. The zero-order valence-electron chi connectivity index (χ0n) is 18.2. The summed E-state index contributed by atoms with van der Waals surface area (Å²) in [7, 11) is 0. The van der Waals surface area contributed by atoms with Gasteiger partial charge in [0, 0.05) is 47.3 Å². The number of ether oxygens (including phenoxy) is 2. The van der Waals surface area contributed by atoms with Gasteiger partial charge in [-0.3, -0.25) is 0 Å². The Morgan fingerprint density at radius 2 is 1.40 bits per heavy atom. The van der Waals surface area contributed by atoms with Gasteiger partial charge in [0.05, 0.1) is 37.8 Å². The van der Waals surface area contributed by atoms with Gasteiger partial charge in [0.15, 0.2) is 0 Å². The zero-order chi connectivity index (χ0) is 20.7. The third-order valence-electron chi connectivity index (χ3n) is 6.09. The third-order valence-corrected chi connectivity index (χ3v) is 7.19. The average molecular weight is 426 g/mol. The Hall–Kier alpha value is -1.89. The number of benzene rings is 2.